The van der Waals surface area contributed by atoms with Crippen LogP contribution in [0.3, 0.4) is 0 Å². The van der Waals surface area contributed by atoms with Crippen LogP contribution in [-0.2, 0) is 40.5 Å². The average Bonchev–Trinajstić information content (AvgIpc) is 3.16. The lowest BCUT2D eigenvalue weighted by molar-refractivity contribution is 0.456. The van der Waals surface area contributed by atoms with Crippen LogP contribution >= 0.6 is 0 Å². The molecule has 0 fully saturated rings. The molecule has 4 N–H and O–H groups in total. The molecule has 336 valence electrons. The molecule has 8 atom stereocenters. The highest BCUT2D eigenvalue weighted by molar-refractivity contribution is 7.87. The molecule has 28 heteroatoms. The maximum atomic E-state index is 12.5. The van der Waals surface area contributed by atoms with Gasteiger partial charge in [-0.15, -0.1) is 0 Å². The van der Waals surface area contributed by atoms with Gasteiger partial charge in [-0.2, -0.15) is 33.7 Å². The Morgan fingerprint density at radius 1 is 0.333 bits per heavy atom. The van der Waals surface area contributed by atoms with Gasteiger partial charge < -0.3 is 0 Å². The summed E-state index contributed by atoms with van der Waals surface area (Å²) in [6, 6.07) is 0. The van der Waals surface area contributed by atoms with Crippen molar-refractivity contribution < 1.29 is 69.4 Å². The van der Waals surface area contributed by atoms with Crippen molar-refractivity contribution in [2.24, 2.45) is 0 Å². The molecular weight excluding hydrogens is 893 g/mol. The average molecular weight is 937 g/mol. The zero-order valence-corrected chi connectivity index (χ0v) is 36.3. The lowest BCUT2D eigenvalue weighted by Crippen LogP contribution is -2.24. The Labute approximate surface area is 344 Å². The van der Waals surface area contributed by atoms with Crippen LogP contribution in [0.4, 0.5) is 17.6 Å². The Bertz CT molecular complexity index is 2070. The molecule has 0 aliphatic rings. The van der Waals surface area contributed by atoms with Gasteiger partial charge in [0.2, 0.25) is 0 Å². The molecule has 0 saturated heterocycles. The molecule has 0 saturated carbocycles. The summed E-state index contributed by atoms with van der Waals surface area (Å²) < 4.78 is 172. The monoisotopic (exact) mass is 936 g/mol. The molecule has 0 spiro atoms. The van der Waals surface area contributed by atoms with Gasteiger partial charge in [-0.1, -0.05) is 27.7 Å². The summed E-state index contributed by atoms with van der Waals surface area (Å²) in [7, 11) is -16.5. The van der Waals surface area contributed by atoms with E-state index in [1.54, 1.807) is 27.7 Å². The SMILES string of the molecule is C[C@@H](c1ncc(F)cn1)[C@H](C)S(=O)(=O)O.C[C@H]([C@@H](C)c1ncc(F)cn1)S(=O)(=O)O.C[C@H](c1ncc(F)cn1)[C@@H](C)S(=O)(=O)O.C[C@H](c1ncc(F)cn1)[C@H](C)S(=O)(=O)O. The fraction of sp³-hybridized carbons (Fsp3) is 0.500. The van der Waals surface area contributed by atoms with Crippen LogP contribution in [0.5, 0.6) is 0 Å². The Morgan fingerprint density at radius 2 is 0.450 bits per heavy atom. The van der Waals surface area contributed by atoms with E-state index in [2.05, 4.69) is 39.9 Å². The van der Waals surface area contributed by atoms with Gasteiger partial charge in [0.25, 0.3) is 40.5 Å². The third-order valence-electron chi connectivity index (χ3n) is 8.89. The van der Waals surface area contributed by atoms with E-state index in [9.17, 15) is 51.2 Å². The molecule has 4 aromatic heterocycles. The minimum absolute atomic E-state index is 0.182. The van der Waals surface area contributed by atoms with Crippen molar-refractivity contribution in [3.8, 4) is 0 Å². The summed E-state index contributed by atoms with van der Waals surface area (Å²) in [4.78, 5) is 29.2. The number of hydrogen-bond acceptors (Lipinski definition) is 16. The minimum Gasteiger partial charge on any atom is -0.285 e. The maximum Gasteiger partial charge on any atom is 0.268 e. The molecule has 0 bridgehead atoms. The van der Waals surface area contributed by atoms with Crippen molar-refractivity contribution in [1.82, 2.24) is 39.9 Å². The number of halogens is 4. The smallest absolute Gasteiger partial charge is 0.268 e. The van der Waals surface area contributed by atoms with Crippen LogP contribution in [0.1, 0.15) is 102 Å². The highest BCUT2D eigenvalue weighted by Crippen LogP contribution is 2.23. The summed E-state index contributed by atoms with van der Waals surface area (Å²) in [6.07, 6.45) is 7.63. The Balaban J connectivity index is 0.000000400. The molecular formula is C32H44F4N8O12S4. The quantitative estimate of drug-likeness (QED) is 0.115. The summed E-state index contributed by atoms with van der Waals surface area (Å²) in [5, 5.41) is -4.10. The summed E-state index contributed by atoms with van der Waals surface area (Å²) >= 11 is 0. The zero-order valence-electron chi connectivity index (χ0n) is 33.0. The van der Waals surface area contributed by atoms with Crippen LogP contribution in [-0.4, -0.2) is 113 Å². The molecule has 0 unspecified atom stereocenters. The van der Waals surface area contributed by atoms with Crippen LogP contribution in [0.15, 0.2) is 49.6 Å². The van der Waals surface area contributed by atoms with Crippen LogP contribution in [0.25, 0.3) is 0 Å². The largest absolute Gasteiger partial charge is 0.285 e. The summed E-state index contributed by atoms with van der Waals surface area (Å²) in [6.45, 7) is 11.5. The molecule has 0 amide bonds. The van der Waals surface area contributed by atoms with E-state index in [0.29, 0.717) is 0 Å². The number of nitrogens with zero attached hydrogens (tertiary/aromatic N) is 8. The molecule has 4 rings (SSSR count). The van der Waals surface area contributed by atoms with E-state index < -0.39 is 108 Å². The molecule has 4 heterocycles. The van der Waals surface area contributed by atoms with E-state index in [1.165, 1.54) is 27.7 Å². The first kappa shape index (κ1) is 53.7. The van der Waals surface area contributed by atoms with Gasteiger partial charge >= 0.3 is 0 Å². The van der Waals surface area contributed by atoms with Gasteiger partial charge in [0, 0.05) is 23.7 Å². The highest BCUT2D eigenvalue weighted by atomic mass is 32.2. The first-order valence-corrected chi connectivity index (χ1v) is 23.0. The first-order chi connectivity index (χ1) is 27.3. The maximum absolute atomic E-state index is 12.5. The Hall–Kier alpha value is -4.32. The molecule has 0 radical (unpaired) electrons. The van der Waals surface area contributed by atoms with Crippen LogP contribution in [0, 0.1) is 23.3 Å². The van der Waals surface area contributed by atoms with Crippen molar-refractivity contribution in [3.05, 3.63) is 96.1 Å². The zero-order chi connectivity index (χ0) is 46.6. The topological polar surface area (TPSA) is 321 Å². The highest BCUT2D eigenvalue weighted by Gasteiger charge is 2.30. The second-order valence-corrected chi connectivity index (χ2v) is 20.2. The van der Waals surface area contributed by atoms with Gasteiger partial charge in [0.15, 0.2) is 23.3 Å². The molecule has 0 aliphatic carbocycles. The van der Waals surface area contributed by atoms with Crippen LogP contribution in [0.2, 0.25) is 0 Å². The van der Waals surface area contributed by atoms with E-state index >= 15 is 0 Å². The lowest BCUT2D eigenvalue weighted by atomic mass is 10.1. The molecule has 0 aliphatic heterocycles. The molecule has 20 nitrogen and oxygen atoms in total. The Kier molecular flexibility index (Phi) is 20.1. The molecule has 60 heavy (non-hydrogen) atoms. The molecule has 4 aromatic rings. The van der Waals surface area contributed by atoms with Crippen molar-refractivity contribution >= 4 is 40.5 Å². The number of hydrogen-bond donors (Lipinski definition) is 4. The van der Waals surface area contributed by atoms with Gasteiger partial charge in [0.05, 0.1) is 70.6 Å². The van der Waals surface area contributed by atoms with Gasteiger partial charge in [-0.05, 0) is 27.7 Å². The van der Waals surface area contributed by atoms with E-state index in [1.807, 2.05) is 0 Å². The van der Waals surface area contributed by atoms with Gasteiger partial charge in [0.1, 0.15) is 23.3 Å². The van der Waals surface area contributed by atoms with Crippen molar-refractivity contribution in [1.29, 1.82) is 0 Å². The van der Waals surface area contributed by atoms with Crippen LogP contribution < -0.4 is 0 Å². The fourth-order valence-corrected chi connectivity index (χ4v) is 6.65. The Morgan fingerprint density at radius 3 is 0.550 bits per heavy atom. The predicted molar refractivity (Wildman–Crippen MR) is 206 cm³/mol. The summed E-state index contributed by atoms with van der Waals surface area (Å²) in [5.74, 6) is -4.03. The summed E-state index contributed by atoms with van der Waals surface area (Å²) in [5.41, 5.74) is 0. The number of rotatable bonds is 12. The van der Waals surface area contributed by atoms with Gasteiger partial charge in [-0.3, -0.25) is 18.2 Å². The second-order valence-electron chi connectivity index (χ2n) is 13.1. The van der Waals surface area contributed by atoms with Crippen molar-refractivity contribution in [3.63, 3.8) is 0 Å². The first-order valence-electron chi connectivity index (χ1n) is 17.0. The fourth-order valence-electron chi connectivity index (χ4n) is 4.10. The lowest BCUT2D eigenvalue weighted by Gasteiger charge is -2.15. The molecule has 0 aromatic carbocycles. The number of aromatic nitrogens is 8. The van der Waals surface area contributed by atoms with E-state index in [4.69, 9.17) is 18.2 Å². The van der Waals surface area contributed by atoms with Crippen molar-refractivity contribution in [2.75, 3.05) is 0 Å². The van der Waals surface area contributed by atoms with E-state index in [-0.39, 0.29) is 23.3 Å². The van der Waals surface area contributed by atoms with Crippen molar-refractivity contribution in [2.45, 2.75) is 100 Å². The minimum atomic E-state index is -4.13. The van der Waals surface area contributed by atoms with E-state index in [0.717, 1.165) is 49.6 Å². The second kappa shape index (κ2) is 22.5. The van der Waals surface area contributed by atoms with Gasteiger partial charge in [-0.25, -0.2) is 57.4 Å². The third-order valence-corrected chi connectivity index (χ3v) is 14.3. The normalized spacial score (nSPS) is 16.0. The third kappa shape index (κ3) is 17.7. The predicted octanol–water partition coefficient (Wildman–Crippen LogP) is 3.98. The standard InChI is InChI=1S/4C8H11FN2O3S/c4*1-5(6(2)15(12,13)14)8-10-3-7(9)4-11-8/h4*3-6H,1-2H3,(H,12,13,14)/t2*5-,6+;2*5-,6-/m1010/s1.